The molecule has 0 aliphatic carbocycles. The van der Waals surface area contributed by atoms with Crippen LogP contribution in [0.3, 0.4) is 0 Å². The zero-order valence-corrected chi connectivity index (χ0v) is 11.6. The summed E-state index contributed by atoms with van der Waals surface area (Å²) in [4.78, 5) is 13.9. The van der Waals surface area contributed by atoms with Crippen LogP contribution in [0, 0.1) is 0 Å². The molecular weight excluding hydrogens is 230 g/mol. The maximum absolute atomic E-state index is 11.8. The number of piperidine rings is 1. The number of carbonyl (C=O) groups is 1. The lowest BCUT2D eigenvalue weighted by Gasteiger charge is -2.30. The number of nitrogens with zero attached hydrogens (tertiary/aromatic N) is 1. The van der Waals surface area contributed by atoms with Crippen LogP contribution >= 0.6 is 0 Å². The molecule has 5 heteroatoms. The van der Waals surface area contributed by atoms with Gasteiger partial charge in [-0.1, -0.05) is 13.8 Å². The van der Waals surface area contributed by atoms with Crippen LogP contribution in [0.1, 0.15) is 39.5 Å². The Bertz CT molecular complexity index is 259. The zero-order chi connectivity index (χ0) is 13.6. The summed E-state index contributed by atoms with van der Waals surface area (Å²) in [6.45, 7) is 6.40. The van der Waals surface area contributed by atoms with E-state index in [0.29, 0.717) is 25.9 Å². The summed E-state index contributed by atoms with van der Waals surface area (Å²) in [5.74, 6) is -0.00852. The fraction of sp³-hybridized carbons (Fsp3) is 0.923. The molecule has 0 atom stereocenters. The highest BCUT2D eigenvalue weighted by atomic mass is 16.3. The molecule has 1 heterocycles. The summed E-state index contributed by atoms with van der Waals surface area (Å²) < 4.78 is 0. The van der Waals surface area contributed by atoms with Gasteiger partial charge in [-0.3, -0.25) is 9.69 Å². The van der Waals surface area contributed by atoms with E-state index in [4.69, 9.17) is 5.73 Å². The van der Waals surface area contributed by atoms with Gasteiger partial charge in [0.1, 0.15) is 0 Å². The average Bonchev–Trinajstić information content (AvgIpc) is 2.39. The monoisotopic (exact) mass is 257 g/mol. The van der Waals surface area contributed by atoms with Gasteiger partial charge < -0.3 is 16.2 Å². The molecule has 0 radical (unpaired) electrons. The first-order chi connectivity index (χ1) is 8.49. The Hall–Kier alpha value is -0.650. The Balaban J connectivity index is 2.25. The molecule has 0 aromatic heterocycles. The number of likely N-dealkylation sites (tertiary alicyclic amines) is 1. The van der Waals surface area contributed by atoms with E-state index in [0.717, 1.165) is 25.9 Å². The molecule has 0 aromatic rings. The lowest BCUT2D eigenvalue weighted by molar-refractivity contribution is -0.123. The van der Waals surface area contributed by atoms with Crippen molar-refractivity contribution >= 4 is 5.91 Å². The largest absolute Gasteiger partial charge is 0.388 e. The molecule has 1 fully saturated rings. The van der Waals surface area contributed by atoms with Crippen LogP contribution < -0.4 is 11.1 Å². The number of carbonyl (C=O) groups excluding carboxylic acids is 1. The maximum atomic E-state index is 11.8. The minimum absolute atomic E-state index is 0.00852. The summed E-state index contributed by atoms with van der Waals surface area (Å²) in [6.07, 6.45) is 3.23. The van der Waals surface area contributed by atoms with Gasteiger partial charge in [-0.05, 0) is 25.7 Å². The fourth-order valence-electron chi connectivity index (χ4n) is 2.13. The summed E-state index contributed by atoms with van der Waals surface area (Å²) in [5.41, 5.74) is 5.06. The van der Waals surface area contributed by atoms with E-state index in [1.807, 2.05) is 13.8 Å². The first-order valence-corrected chi connectivity index (χ1v) is 6.96. The van der Waals surface area contributed by atoms with E-state index in [1.165, 1.54) is 0 Å². The van der Waals surface area contributed by atoms with Crippen LogP contribution in [0.15, 0.2) is 0 Å². The summed E-state index contributed by atoms with van der Waals surface area (Å²) >= 11 is 0. The topological polar surface area (TPSA) is 78.6 Å². The van der Waals surface area contributed by atoms with Crippen LogP contribution in [-0.4, -0.2) is 53.7 Å². The molecule has 0 spiro atoms. The molecule has 0 aromatic carbocycles. The number of rotatable bonds is 6. The highest BCUT2D eigenvalue weighted by Crippen LogP contribution is 2.13. The van der Waals surface area contributed by atoms with E-state index in [2.05, 4.69) is 10.2 Å². The number of hydrogen-bond donors (Lipinski definition) is 3. The Morgan fingerprint density at radius 1 is 1.39 bits per heavy atom. The predicted molar refractivity (Wildman–Crippen MR) is 72.2 cm³/mol. The van der Waals surface area contributed by atoms with Crippen LogP contribution in [0.25, 0.3) is 0 Å². The molecule has 0 bridgehead atoms. The standard InChI is InChI=1S/C13H27N3O2/c1-3-13(18,4-2)10-15-12(17)9-16-7-5-11(14)6-8-16/h11,18H,3-10,14H2,1-2H3,(H,15,17). The summed E-state index contributed by atoms with van der Waals surface area (Å²) in [6, 6.07) is 0.287. The third-order valence-corrected chi connectivity index (χ3v) is 3.93. The Kier molecular flexibility index (Phi) is 6.05. The minimum atomic E-state index is -0.764. The van der Waals surface area contributed by atoms with E-state index in [-0.39, 0.29) is 11.9 Å². The number of nitrogens with one attached hydrogen (secondary N) is 1. The van der Waals surface area contributed by atoms with E-state index >= 15 is 0 Å². The van der Waals surface area contributed by atoms with Crippen molar-refractivity contribution in [3.05, 3.63) is 0 Å². The third kappa shape index (κ3) is 4.92. The van der Waals surface area contributed by atoms with Crippen LogP contribution in [-0.2, 0) is 4.79 Å². The van der Waals surface area contributed by atoms with Gasteiger partial charge in [0.15, 0.2) is 0 Å². The van der Waals surface area contributed by atoms with Crippen molar-refractivity contribution in [1.82, 2.24) is 10.2 Å². The van der Waals surface area contributed by atoms with E-state index in [1.54, 1.807) is 0 Å². The molecule has 1 aliphatic rings. The molecule has 18 heavy (non-hydrogen) atoms. The van der Waals surface area contributed by atoms with Gasteiger partial charge in [-0.2, -0.15) is 0 Å². The smallest absolute Gasteiger partial charge is 0.234 e. The number of hydrogen-bond acceptors (Lipinski definition) is 4. The summed E-state index contributed by atoms with van der Waals surface area (Å²) in [7, 11) is 0. The second-order valence-electron chi connectivity index (χ2n) is 5.32. The SMILES string of the molecule is CCC(O)(CC)CNC(=O)CN1CCC(N)CC1. The lowest BCUT2D eigenvalue weighted by Crippen LogP contribution is -2.48. The molecule has 1 saturated heterocycles. The fourth-order valence-corrected chi connectivity index (χ4v) is 2.13. The number of nitrogens with two attached hydrogens (primary N) is 1. The zero-order valence-electron chi connectivity index (χ0n) is 11.6. The maximum Gasteiger partial charge on any atom is 0.234 e. The second-order valence-corrected chi connectivity index (χ2v) is 5.32. The van der Waals surface area contributed by atoms with Crippen molar-refractivity contribution in [3.8, 4) is 0 Å². The molecule has 0 unspecified atom stereocenters. The molecule has 0 saturated carbocycles. The van der Waals surface area contributed by atoms with Crippen molar-refractivity contribution in [2.45, 2.75) is 51.2 Å². The Labute approximate surface area is 110 Å². The number of aliphatic hydroxyl groups is 1. The normalized spacial score (nSPS) is 18.9. The molecule has 1 amide bonds. The highest BCUT2D eigenvalue weighted by molar-refractivity contribution is 5.78. The molecule has 4 N–H and O–H groups in total. The minimum Gasteiger partial charge on any atom is -0.388 e. The molecule has 106 valence electrons. The quantitative estimate of drug-likeness (QED) is 0.629. The third-order valence-electron chi connectivity index (χ3n) is 3.93. The van der Waals surface area contributed by atoms with Gasteiger partial charge in [0.05, 0.1) is 12.1 Å². The predicted octanol–water partition coefficient (Wildman–Crippen LogP) is 0.0768. The lowest BCUT2D eigenvalue weighted by atomic mass is 9.97. The highest BCUT2D eigenvalue weighted by Gasteiger charge is 2.24. The van der Waals surface area contributed by atoms with Crippen molar-refractivity contribution < 1.29 is 9.90 Å². The van der Waals surface area contributed by atoms with Crippen molar-refractivity contribution in [2.75, 3.05) is 26.2 Å². The van der Waals surface area contributed by atoms with Crippen molar-refractivity contribution in [3.63, 3.8) is 0 Å². The van der Waals surface area contributed by atoms with Gasteiger partial charge >= 0.3 is 0 Å². The first-order valence-electron chi connectivity index (χ1n) is 6.96. The molecule has 1 aliphatic heterocycles. The van der Waals surface area contributed by atoms with Crippen LogP contribution in [0.2, 0.25) is 0 Å². The van der Waals surface area contributed by atoms with E-state index < -0.39 is 5.60 Å². The second kappa shape index (κ2) is 7.07. The van der Waals surface area contributed by atoms with Crippen LogP contribution in [0.4, 0.5) is 0 Å². The Morgan fingerprint density at radius 3 is 2.44 bits per heavy atom. The van der Waals surface area contributed by atoms with E-state index in [9.17, 15) is 9.90 Å². The molecule has 1 rings (SSSR count). The van der Waals surface area contributed by atoms with Crippen molar-refractivity contribution in [1.29, 1.82) is 0 Å². The molecule has 5 nitrogen and oxygen atoms in total. The van der Waals surface area contributed by atoms with Gasteiger partial charge in [0, 0.05) is 25.7 Å². The molecular formula is C13H27N3O2. The van der Waals surface area contributed by atoms with Gasteiger partial charge in [0.25, 0.3) is 0 Å². The van der Waals surface area contributed by atoms with Gasteiger partial charge in [-0.15, -0.1) is 0 Å². The Morgan fingerprint density at radius 2 is 1.94 bits per heavy atom. The summed E-state index contributed by atoms with van der Waals surface area (Å²) in [5, 5.41) is 12.9. The number of amides is 1. The first kappa shape index (κ1) is 15.4. The van der Waals surface area contributed by atoms with Crippen molar-refractivity contribution in [2.24, 2.45) is 5.73 Å². The van der Waals surface area contributed by atoms with Crippen LogP contribution in [0.5, 0.6) is 0 Å². The average molecular weight is 257 g/mol. The van der Waals surface area contributed by atoms with Gasteiger partial charge in [-0.25, -0.2) is 0 Å². The van der Waals surface area contributed by atoms with Gasteiger partial charge in [0.2, 0.25) is 5.91 Å².